The van der Waals surface area contributed by atoms with Crippen molar-refractivity contribution in [3.8, 4) is 17.6 Å². The molecule has 0 aliphatic heterocycles. The normalized spacial score (nSPS) is 11.3. The van der Waals surface area contributed by atoms with Crippen molar-refractivity contribution in [1.29, 1.82) is 5.26 Å². The monoisotopic (exact) mass is 219 g/mol. The number of methoxy groups -OCH3 is 1. The van der Waals surface area contributed by atoms with Crippen molar-refractivity contribution in [3.63, 3.8) is 0 Å². The van der Waals surface area contributed by atoms with E-state index >= 15 is 0 Å². The number of nitrogens with zero attached hydrogens (tertiary/aromatic N) is 1. The molecule has 1 unspecified atom stereocenters. The van der Waals surface area contributed by atoms with E-state index in [2.05, 4.69) is 0 Å². The first kappa shape index (κ1) is 12.1. The van der Waals surface area contributed by atoms with E-state index in [0.717, 1.165) is 0 Å². The minimum Gasteiger partial charge on any atom is -0.497 e. The molecule has 0 N–H and O–H groups in total. The van der Waals surface area contributed by atoms with Gasteiger partial charge < -0.3 is 9.47 Å². The maximum absolute atomic E-state index is 11.5. The van der Waals surface area contributed by atoms with Gasteiger partial charge in [-0.15, -0.1) is 0 Å². The number of carbonyl (C=O) groups is 1. The number of rotatable bonds is 4. The Morgan fingerprint density at radius 2 is 1.94 bits per heavy atom. The van der Waals surface area contributed by atoms with E-state index in [1.807, 2.05) is 6.07 Å². The third-order valence-electron chi connectivity index (χ3n) is 2.13. The van der Waals surface area contributed by atoms with Crippen LogP contribution in [0.2, 0.25) is 0 Å². The molecule has 1 aromatic carbocycles. The lowest BCUT2D eigenvalue weighted by Gasteiger charge is -2.07. The third kappa shape index (κ3) is 2.99. The molecule has 84 valence electrons. The number of ether oxygens (including phenoxy) is 2. The lowest BCUT2D eigenvalue weighted by Crippen LogP contribution is -2.18. The van der Waals surface area contributed by atoms with Crippen molar-refractivity contribution in [1.82, 2.24) is 0 Å². The average molecular weight is 219 g/mol. The van der Waals surface area contributed by atoms with Crippen LogP contribution in [-0.4, -0.2) is 13.1 Å². The van der Waals surface area contributed by atoms with Crippen molar-refractivity contribution in [2.24, 2.45) is 5.92 Å². The maximum atomic E-state index is 11.5. The SMILES string of the molecule is CCC(C#N)C(=O)Oc1ccc(OC)cc1. The Morgan fingerprint density at radius 1 is 1.38 bits per heavy atom. The summed E-state index contributed by atoms with van der Waals surface area (Å²) >= 11 is 0. The predicted molar refractivity (Wildman–Crippen MR) is 58.0 cm³/mol. The second-order valence-electron chi connectivity index (χ2n) is 3.19. The molecule has 0 spiro atoms. The molecule has 4 heteroatoms. The average Bonchev–Trinajstić information content (AvgIpc) is 2.31. The van der Waals surface area contributed by atoms with Crippen LogP contribution >= 0.6 is 0 Å². The highest BCUT2D eigenvalue weighted by Gasteiger charge is 2.17. The smallest absolute Gasteiger partial charge is 0.328 e. The number of nitriles is 1. The first-order valence-corrected chi connectivity index (χ1v) is 4.96. The highest BCUT2D eigenvalue weighted by atomic mass is 16.5. The van der Waals surface area contributed by atoms with Gasteiger partial charge in [0.05, 0.1) is 13.2 Å². The van der Waals surface area contributed by atoms with E-state index in [9.17, 15) is 4.79 Å². The molecular formula is C12H13NO3. The fourth-order valence-electron chi connectivity index (χ4n) is 1.14. The van der Waals surface area contributed by atoms with Crippen LogP contribution in [0.5, 0.6) is 11.5 Å². The molecular weight excluding hydrogens is 206 g/mol. The van der Waals surface area contributed by atoms with Gasteiger partial charge in [-0.25, -0.2) is 0 Å². The van der Waals surface area contributed by atoms with Crippen LogP contribution in [0.25, 0.3) is 0 Å². The summed E-state index contributed by atoms with van der Waals surface area (Å²) in [4.78, 5) is 11.5. The topological polar surface area (TPSA) is 59.3 Å². The van der Waals surface area contributed by atoms with E-state index in [0.29, 0.717) is 17.9 Å². The fraction of sp³-hybridized carbons (Fsp3) is 0.333. The summed E-state index contributed by atoms with van der Waals surface area (Å²) in [5.41, 5.74) is 0. The largest absolute Gasteiger partial charge is 0.497 e. The summed E-state index contributed by atoms with van der Waals surface area (Å²) < 4.78 is 10.0. The predicted octanol–water partition coefficient (Wildman–Crippen LogP) is 2.15. The molecule has 0 heterocycles. The van der Waals surface area contributed by atoms with Gasteiger partial charge in [-0.1, -0.05) is 6.92 Å². The fourth-order valence-corrected chi connectivity index (χ4v) is 1.14. The summed E-state index contributed by atoms with van der Waals surface area (Å²) in [6.07, 6.45) is 0.450. The van der Waals surface area contributed by atoms with Crippen LogP contribution in [-0.2, 0) is 4.79 Å². The van der Waals surface area contributed by atoms with Crippen LogP contribution in [0.3, 0.4) is 0 Å². The van der Waals surface area contributed by atoms with Gasteiger partial charge in [0.2, 0.25) is 0 Å². The minimum absolute atomic E-state index is 0.416. The molecule has 1 aromatic rings. The van der Waals surface area contributed by atoms with E-state index < -0.39 is 11.9 Å². The van der Waals surface area contributed by atoms with Crippen molar-refractivity contribution in [2.75, 3.05) is 7.11 Å². The Morgan fingerprint density at radius 3 is 2.38 bits per heavy atom. The van der Waals surface area contributed by atoms with Crippen LogP contribution in [0.4, 0.5) is 0 Å². The van der Waals surface area contributed by atoms with E-state index in [1.165, 1.54) is 0 Å². The van der Waals surface area contributed by atoms with Crippen molar-refractivity contribution >= 4 is 5.97 Å². The van der Waals surface area contributed by atoms with Crippen LogP contribution < -0.4 is 9.47 Å². The first-order chi connectivity index (χ1) is 7.71. The summed E-state index contributed by atoms with van der Waals surface area (Å²) in [5, 5.41) is 8.69. The Balaban J connectivity index is 2.66. The lowest BCUT2D eigenvalue weighted by molar-refractivity contribution is -0.137. The van der Waals surface area contributed by atoms with Gasteiger partial charge in [0.15, 0.2) is 0 Å². The zero-order valence-electron chi connectivity index (χ0n) is 9.27. The summed E-state index contributed by atoms with van der Waals surface area (Å²) in [6, 6.07) is 8.53. The maximum Gasteiger partial charge on any atom is 0.328 e. The van der Waals surface area contributed by atoms with Gasteiger partial charge in [0.25, 0.3) is 0 Å². The molecule has 1 rings (SSSR count). The van der Waals surface area contributed by atoms with Crippen LogP contribution in [0.1, 0.15) is 13.3 Å². The molecule has 0 aliphatic rings. The summed E-state index contributed by atoms with van der Waals surface area (Å²) in [5.74, 6) is -0.121. The Bertz CT molecular complexity index is 392. The van der Waals surface area contributed by atoms with Gasteiger partial charge in [-0.2, -0.15) is 5.26 Å². The second-order valence-corrected chi connectivity index (χ2v) is 3.19. The molecule has 0 saturated carbocycles. The van der Waals surface area contributed by atoms with Crippen molar-refractivity contribution in [2.45, 2.75) is 13.3 Å². The molecule has 0 aliphatic carbocycles. The van der Waals surface area contributed by atoms with Crippen molar-refractivity contribution < 1.29 is 14.3 Å². The molecule has 0 bridgehead atoms. The molecule has 0 saturated heterocycles. The lowest BCUT2D eigenvalue weighted by atomic mass is 10.1. The highest BCUT2D eigenvalue weighted by Crippen LogP contribution is 2.18. The van der Waals surface area contributed by atoms with Gasteiger partial charge >= 0.3 is 5.97 Å². The minimum atomic E-state index is -0.706. The number of hydrogen-bond donors (Lipinski definition) is 0. The zero-order valence-corrected chi connectivity index (χ0v) is 9.27. The van der Waals surface area contributed by atoms with Gasteiger partial charge in [-0.05, 0) is 30.7 Å². The molecule has 0 amide bonds. The second kappa shape index (κ2) is 5.76. The van der Waals surface area contributed by atoms with Gasteiger partial charge in [0, 0.05) is 0 Å². The molecule has 1 atom stereocenters. The number of esters is 1. The van der Waals surface area contributed by atoms with E-state index in [1.54, 1.807) is 38.3 Å². The zero-order chi connectivity index (χ0) is 12.0. The van der Waals surface area contributed by atoms with Crippen molar-refractivity contribution in [3.05, 3.63) is 24.3 Å². The molecule has 4 nitrogen and oxygen atoms in total. The number of hydrogen-bond acceptors (Lipinski definition) is 4. The quantitative estimate of drug-likeness (QED) is 0.575. The molecule has 16 heavy (non-hydrogen) atoms. The number of benzene rings is 1. The number of carbonyl (C=O) groups excluding carboxylic acids is 1. The first-order valence-electron chi connectivity index (χ1n) is 4.96. The summed E-state index contributed by atoms with van der Waals surface area (Å²) in [7, 11) is 1.56. The van der Waals surface area contributed by atoms with E-state index in [4.69, 9.17) is 14.7 Å². The van der Waals surface area contributed by atoms with Gasteiger partial charge in [0.1, 0.15) is 17.4 Å². The standard InChI is InChI=1S/C12H13NO3/c1-3-9(8-13)12(14)16-11-6-4-10(15-2)5-7-11/h4-7,9H,3H2,1-2H3. The van der Waals surface area contributed by atoms with Gasteiger partial charge in [-0.3, -0.25) is 4.79 Å². The summed E-state index contributed by atoms with van der Waals surface area (Å²) in [6.45, 7) is 1.77. The van der Waals surface area contributed by atoms with Crippen LogP contribution in [0, 0.1) is 17.2 Å². The Kier molecular flexibility index (Phi) is 4.34. The molecule has 0 radical (unpaired) electrons. The molecule has 0 aromatic heterocycles. The highest BCUT2D eigenvalue weighted by molar-refractivity contribution is 5.77. The molecule has 0 fully saturated rings. The third-order valence-corrected chi connectivity index (χ3v) is 2.13. The van der Waals surface area contributed by atoms with Crippen LogP contribution in [0.15, 0.2) is 24.3 Å². The Labute approximate surface area is 94.4 Å². The Hall–Kier alpha value is -2.02. The van der Waals surface area contributed by atoms with E-state index in [-0.39, 0.29) is 0 Å².